The van der Waals surface area contributed by atoms with E-state index in [0.29, 0.717) is 0 Å². The van der Waals surface area contributed by atoms with Crippen molar-refractivity contribution in [1.82, 2.24) is 9.97 Å². The van der Waals surface area contributed by atoms with Crippen LogP contribution in [0.4, 0.5) is 24.9 Å². The normalized spacial score (nSPS) is 13.3. The van der Waals surface area contributed by atoms with E-state index in [9.17, 15) is 13.2 Å². The maximum absolute atomic E-state index is 12.7. The smallest absolute Gasteiger partial charge is 0.363 e. The highest BCUT2D eigenvalue weighted by atomic mass is 19.4. The third-order valence-electron chi connectivity index (χ3n) is 2.45. The Bertz CT molecular complexity index is 404. The van der Waals surface area contributed by atoms with Gasteiger partial charge in [-0.05, 0) is 13.3 Å². The molecule has 0 bridgehead atoms. The van der Waals surface area contributed by atoms with Gasteiger partial charge in [-0.2, -0.15) is 18.2 Å². The van der Waals surface area contributed by atoms with Gasteiger partial charge < -0.3 is 10.2 Å². The Morgan fingerprint density at radius 1 is 1.33 bits per heavy atom. The number of rotatable bonds is 4. The van der Waals surface area contributed by atoms with Crippen LogP contribution in [0.1, 0.15) is 26.0 Å². The van der Waals surface area contributed by atoms with Crippen molar-refractivity contribution in [1.29, 1.82) is 0 Å². The zero-order valence-corrected chi connectivity index (χ0v) is 10.8. The van der Waals surface area contributed by atoms with Crippen molar-refractivity contribution < 1.29 is 13.2 Å². The summed E-state index contributed by atoms with van der Waals surface area (Å²) in [6.07, 6.45) is -3.70. The zero-order valence-electron chi connectivity index (χ0n) is 10.8. The van der Waals surface area contributed by atoms with Crippen molar-refractivity contribution in [3.63, 3.8) is 0 Å². The van der Waals surface area contributed by atoms with E-state index in [1.165, 1.54) is 4.90 Å². The van der Waals surface area contributed by atoms with Gasteiger partial charge in [0.15, 0.2) is 5.69 Å². The number of aromatic nitrogens is 2. The Balaban J connectivity index is 3.14. The SMILES string of the molecule is CCC(C)Nc1nc(N(C)C)cc(C(F)(F)F)n1. The first-order valence-electron chi connectivity index (χ1n) is 5.64. The van der Waals surface area contributed by atoms with Gasteiger partial charge in [-0.1, -0.05) is 6.92 Å². The van der Waals surface area contributed by atoms with Crippen molar-refractivity contribution >= 4 is 11.8 Å². The number of anilines is 2. The van der Waals surface area contributed by atoms with E-state index < -0.39 is 11.9 Å². The van der Waals surface area contributed by atoms with Gasteiger partial charge in [-0.25, -0.2) is 4.98 Å². The molecule has 18 heavy (non-hydrogen) atoms. The molecule has 1 atom stereocenters. The fourth-order valence-electron chi connectivity index (χ4n) is 1.20. The molecule has 1 unspecified atom stereocenters. The lowest BCUT2D eigenvalue weighted by molar-refractivity contribution is -0.141. The van der Waals surface area contributed by atoms with Gasteiger partial charge in [0.2, 0.25) is 5.95 Å². The summed E-state index contributed by atoms with van der Waals surface area (Å²) in [5, 5.41) is 2.85. The Labute approximate surface area is 104 Å². The Morgan fingerprint density at radius 3 is 2.39 bits per heavy atom. The fourth-order valence-corrected chi connectivity index (χ4v) is 1.20. The second-order valence-electron chi connectivity index (χ2n) is 4.28. The van der Waals surface area contributed by atoms with E-state index in [1.807, 2.05) is 13.8 Å². The average Bonchev–Trinajstić information content (AvgIpc) is 2.27. The van der Waals surface area contributed by atoms with Crippen molar-refractivity contribution in [2.75, 3.05) is 24.3 Å². The Kier molecular flexibility index (Phi) is 4.37. The maximum atomic E-state index is 12.7. The van der Waals surface area contributed by atoms with Crippen molar-refractivity contribution in [3.05, 3.63) is 11.8 Å². The summed E-state index contributed by atoms with van der Waals surface area (Å²) in [6, 6.07) is 0.949. The molecular formula is C11H17F3N4. The molecule has 1 N–H and O–H groups in total. The minimum absolute atomic E-state index is 0.00266. The van der Waals surface area contributed by atoms with Crippen molar-refractivity contribution in [3.8, 4) is 0 Å². The Hall–Kier alpha value is -1.53. The second kappa shape index (κ2) is 5.41. The van der Waals surface area contributed by atoms with Crippen LogP contribution in [0.3, 0.4) is 0 Å². The lowest BCUT2D eigenvalue weighted by Gasteiger charge is -2.17. The second-order valence-corrected chi connectivity index (χ2v) is 4.28. The average molecular weight is 262 g/mol. The van der Waals surface area contributed by atoms with Crippen molar-refractivity contribution in [2.24, 2.45) is 0 Å². The highest BCUT2D eigenvalue weighted by molar-refractivity contribution is 5.44. The third-order valence-corrected chi connectivity index (χ3v) is 2.45. The molecule has 1 aromatic heterocycles. The van der Waals surface area contributed by atoms with Gasteiger partial charge in [-0.15, -0.1) is 0 Å². The van der Waals surface area contributed by atoms with Crippen LogP contribution in [0, 0.1) is 0 Å². The number of nitrogens with zero attached hydrogens (tertiary/aromatic N) is 3. The summed E-state index contributed by atoms with van der Waals surface area (Å²) in [5.74, 6) is 0.228. The predicted molar refractivity (Wildman–Crippen MR) is 64.7 cm³/mol. The van der Waals surface area contributed by atoms with E-state index in [0.717, 1.165) is 12.5 Å². The topological polar surface area (TPSA) is 41.1 Å². The highest BCUT2D eigenvalue weighted by Gasteiger charge is 2.34. The molecule has 0 saturated heterocycles. The molecular weight excluding hydrogens is 245 g/mol. The van der Waals surface area contributed by atoms with E-state index in [-0.39, 0.29) is 17.8 Å². The number of halogens is 3. The zero-order chi connectivity index (χ0) is 13.9. The summed E-state index contributed by atoms with van der Waals surface area (Å²) < 4.78 is 38.1. The molecule has 0 aliphatic heterocycles. The number of hydrogen-bond acceptors (Lipinski definition) is 4. The van der Waals surface area contributed by atoms with Crippen LogP contribution >= 0.6 is 0 Å². The van der Waals surface area contributed by atoms with Crippen LogP contribution in [-0.4, -0.2) is 30.1 Å². The Morgan fingerprint density at radius 2 is 1.94 bits per heavy atom. The molecule has 0 saturated carbocycles. The van der Waals surface area contributed by atoms with E-state index in [2.05, 4.69) is 15.3 Å². The summed E-state index contributed by atoms with van der Waals surface area (Å²) in [5.41, 5.74) is -0.938. The third kappa shape index (κ3) is 3.75. The lowest BCUT2D eigenvalue weighted by atomic mass is 10.3. The maximum Gasteiger partial charge on any atom is 0.433 e. The quantitative estimate of drug-likeness (QED) is 0.906. The molecule has 0 aromatic carbocycles. The highest BCUT2D eigenvalue weighted by Crippen LogP contribution is 2.30. The first-order chi connectivity index (χ1) is 8.24. The summed E-state index contributed by atoms with van der Waals surface area (Å²) >= 11 is 0. The molecule has 0 aliphatic carbocycles. The first kappa shape index (κ1) is 14.5. The summed E-state index contributed by atoms with van der Waals surface area (Å²) in [4.78, 5) is 9.05. The van der Waals surface area contributed by atoms with Crippen LogP contribution in [-0.2, 0) is 6.18 Å². The molecule has 1 aromatic rings. The first-order valence-corrected chi connectivity index (χ1v) is 5.64. The van der Waals surface area contributed by atoms with Gasteiger partial charge in [0.25, 0.3) is 0 Å². The lowest BCUT2D eigenvalue weighted by Crippen LogP contribution is -2.20. The number of hydrogen-bond donors (Lipinski definition) is 1. The molecule has 4 nitrogen and oxygen atoms in total. The van der Waals surface area contributed by atoms with Crippen LogP contribution in [0.5, 0.6) is 0 Å². The molecule has 102 valence electrons. The minimum Gasteiger partial charge on any atom is -0.363 e. The number of alkyl halides is 3. The fraction of sp³-hybridized carbons (Fsp3) is 0.636. The molecule has 1 heterocycles. The van der Waals surface area contributed by atoms with Crippen LogP contribution in [0.2, 0.25) is 0 Å². The molecule has 0 spiro atoms. The standard InChI is InChI=1S/C11H17F3N4/c1-5-7(2)15-10-16-8(11(12,13)14)6-9(17-10)18(3)4/h6-7H,5H2,1-4H3,(H,15,16,17). The number of nitrogens with one attached hydrogen (secondary N) is 1. The van der Waals surface area contributed by atoms with E-state index >= 15 is 0 Å². The predicted octanol–water partition coefficient (Wildman–Crippen LogP) is 2.77. The van der Waals surface area contributed by atoms with E-state index in [4.69, 9.17) is 0 Å². The monoisotopic (exact) mass is 262 g/mol. The van der Waals surface area contributed by atoms with Crippen LogP contribution in [0.25, 0.3) is 0 Å². The molecule has 0 fully saturated rings. The van der Waals surface area contributed by atoms with Gasteiger partial charge in [0.1, 0.15) is 5.82 Å². The van der Waals surface area contributed by atoms with Crippen molar-refractivity contribution in [2.45, 2.75) is 32.5 Å². The van der Waals surface area contributed by atoms with Gasteiger partial charge in [-0.3, -0.25) is 0 Å². The molecule has 7 heteroatoms. The summed E-state index contributed by atoms with van der Waals surface area (Å²) in [7, 11) is 3.27. The van der Waals surface area contributed by atoms with Gasteiger partial charge >= 0.3 is 6.18 Å². The minimum atomic E-state index is -4.47. The van der Waals surface area contributed by atoms with E-state index in [1.54, 1.807) is 14.1 Å². The molecule has 0 amide bonds. The molecule has 0 aliphatic rings. The van der Waals surface area contributed by atoms with Crippen LogP contribution in [0.15, 0.2) is 6.07 Å². The van der Waals surface area contributed by atoms with Gasteiger partial charge in [0.05, 0.1) is 0 Å². The summed E-state index contributed by atoms with van der Waals surface area (Å²) in [6.45, 7) is 3.79. The van der Waals surface area contributed by atoms with Crippen LogP contribution < -0.4 is 10.2 Å². The largest absolute Gasteiger partial charge is 0.433 e. The van der Waals surface area contributed by atoms with Gasteiger partial charge in [0, 0.05) is 26.2 Å². The molecule has 1 rings (SSSR count). The molecule has 0 radical (unpaired) electrons.